The highest BCUT2D eigenvalue weighted by Gasteiger charge is 2.20. The van der Waals surface area contributed by atoms with Crippen LogP contribution in [0.1, 0.15) is 24.8 Å². The maximum atomic E-state index is 13.3. The molecule has 0 aliphatic carbocycles. The van der Waals surface area contributed by atoms with Crippen LogP contribution in [0.25, 0.3) is 0 Å². The van der Waals surface area contributed by atoms with Crippen LogP contribution in [0.5, 0.6) is 0 Å². The summed E-state index contributed by atoms with van der Waals surface area (Å²) in [5, 5.41) is 1.68. The summed E-state index contributed by atoms with van der Waals surface area (Å²) in [7, 11) is -3.66. The van der Waals surface area contributed by atoms with Gasteiger partial charge in [0.2, 0.25) is 0 Å². The van der Waals surface area contributed by atoms with Crippen molar-refractivity contribution in [1.82, 2.24) is 9.84 Å². The van der Waals surface area contributed by atoms with Gasteiger partial charge in [0, 0.05) is 25.2 Å². The smallest absolute Gasteiger partial charge is 0.253 e. The Labute approximate surface area is 112 Å². The Kier molecular flexibility index (Phi) is 4.51. The predicted molar refractivity (Wildman–Crippen MR) is 70.0 cm³/mol. The number of hydrazine groups is 1. The second-order valence-corrected chi connectivity index (χ2v) is 6.26. The van der Waals surface area contributed by atoms with E-state index in [1.54, 1.807) is 5.01 Å². The molecule has 2 rings (SSSR count). The van der Waals surface area contributed by atoms with Crippen molar-refractivity contribution in [3.8, 4) is 0 Å². The van der Waals surface area contributed by atoms with Crippen molar-refractivity contribution in [3.63, 3.8) is 0 Å². The minimum absolute atomic E-state index is 0.0289. The van der Waals surface area contributed by atoms with Gasteiger partial charge in [0.05, 0.1) is 4.90 Å². The van der Waals surface area contributed by atoms with E-state index in [-0.39, 0.29) is 17.0 Å². The largest absolute Gasteiger partial charge is 0.326 e. The van der Waals surface area contributed by atoms with Crippen LogP contribution in [-0.4, -0.2) is 26.5 Å². The number of nitrogens with one attached hydrogen (secondary N) is 1. The molecule has 1 aliphatic rings. The fourth-order valence-corrected chi connectivity index (χ4v) is 3.26. The van der Waals surface area contributed by atoms with Crippen LogP contribution in [0.3, 0.4) is 0 Å². The lowest BCUT2D eigenvalue weighted by Gasteiger charge is -2.26. The van der Waals surface area contributed by atoms with E-state index in [1.807, 2.05) is 0 Å². The van der Waals surface area contributed by atoms with Gasteiger partial charge in [-0.25, -0.2) is 17.8 Å². The van der Waals surface area contributed by atoms with E-state index in [1.165, 1.54) is 12.1 Å². The maximum absolute atomic E-state index is 13.3. The third-order valence-corrected chi connectivity index (χ3v) is 4.53. The van der Waals surface area contributed by atoms with Gasteiger partial charge in [0.25, 0.3) is 10.0 Å². The molecule has 0 saturated carbocycles. The summed E-state index contributed by atoms with van der Waals surface area (Å²) in [5.41, 5.74) is 5.58. The first kappa shape index (κ1) is 14.4. The van der Waals surface area contributed by atoms with Gasteiger partial charge in [-0.1, -0.05) is 6.42 Å². The van der Waals surface area contributed by atoms with E-state index >= 15 is 0 Å². The number of benzene rings is 1. The summed E-state index contributed by atoms with van der Waals surface area (Å²) in [6, 6.07) is 3.66. The van der Waals surface area contributed by atoms with E-state index in [2.05, 4.69) is 4.83 Å². The number of nitrogens with two attached hydrogens (primary N) is 1. The second kappa shape index (κ2) is 5.96. The van der Waals surface area contributed by atoms with Gasteiger partial charge in [-0.05, 0) is 31.0 Å². The number of hydrogen-bond acceptors (Lipinski definition) is 4. The summed E-state index contributed by atoms with van der Waals surface area (Å²) < 4.78 is 37.6. The summed E-state index contributed by atoms with van der Waals surface area (Å²) >= 11 is 0. The molecule has 0 atom stereocenters. The molecule has 1 heterocycles. The zero-order valence-corrected chi connectivity index (χ0v) is 11.4. The molecule has 1 aliphatic heterocycles. The molecule has 0 radical (unpaired) electrons. The molecule has 1 saturated heterocycles. The summed E-state index contributed by atoms with van der Waals surface area (Å²) in [6.45, 7) is 1.37. The SMILES string of the molecule is NCc1cc(S(=O)(=O)NN2CCCCC2)ccc1F. The molecular formula is C12H18FN3O2S. The molecule has 19 heavy (non-hydrogen) atoms. The molecule has 0 aromatic heterocycles. The average molecular weight is 287 g/mol. The Morgan fingerprint density at radius 1 is 1.26 bits per heavy atom. The third kappa shape index (κ3) is 3.50. The number of piperidine rings is 1. The van der Waals surface area contributed by atoms with Gasteiger partial charge in [0.1, 0.15) is 5.82 Å². The molecule has 1 aromatic rings. The number of sulfonamides is 1. The Morgan fingerprint density at radius 2 is 1.95 bits per heavy atom. The molecule has 0 unspecified atom stereocenters. The topological polar surface area (TPSA) is 75.4 Å². The van der Waals surface area contributed by atoms with Crippen LogP contribution in [0.2, 0.25) is 0 Å². The van der Waals surface area contributed by atoms with Gasteiger partial charge < -0.3 is 5.73 Å². The summed E-state index contributed by atoms with van der Waals surface area (Å²) in [4.78, 5) is 2.57. The Balaban J connectivity index is 2.18. The minimum Gasteiger partial charge on any atom is -0.326 e. The number of halogens is 1. The van der Waals surface area contributed by atoms with Crippen molar-refractivity contribution < 1.29 is 12.8 Å². The molecule has 1 fully saturated rings. The lowest BCUT2D eigenvalue weighted by atomic mass is 10.2. The zero-order valence-electron chi connectivity index (χ0n) is 10.6. The van der Waals surface area contributed by atoms with Gasteiger partial charge in [-0.2, -0.15) is 0 Å². The normalized spacial score (nSPS) is 17.6. The van der Waals surface area contributed by atoms with Crippen LogP contribution >= 0.6 is 0 Å². The van der Waals surface area contributed by atoms with Crippen LogP contribution in [0.4, 0.5) is 4.39 Å². The highest BCUT2D eigenvalue weighted by Crippen LogP contribution is 2.16. The van der Waals surface area contributed by atoms with Gasteiger partial charge in [0.15, 0.2) is 0 Å². The maximum Gasteiger partial charge on any atom is 0.253 e. The first-order valence-corrected chi connectivity index (χ1v) is 7.77. The molecule has 7 heteroatoms. The number of nitrogens with zero attached hydrogens (tertiary/aromatic N) is 1. The Bertz CT molecular complexity index is 542. The first-order valence-electron chi connectivity index (χ1n) is 6.29. The van der Waals surface area contributed by atoms with Gasteiger partial charge in [-0.15, -0.1) is 4.83 Å². The quantitative estimate of drug-likeness (QED) is 0.865. The highest BCUT2D eigenvalue weighted by atomic mass is 32.2. The van der Waals surface area contributed by atoms with E-state index in [4.69, 9.17) is 5.73 Å². The zero-order chi connectivity index (χ0) is 13.9. The Morgan fingerprint density at radius 3 is 2.58 bits per heavy atom. The van der Waals surface area contributed by atoms with Crippen molar-refractivity contribution in [1.29, 1.82) is 0 Å². The molecule has 0 amide bonds. The molecule has 0 spiro atoms. The van der Waals surface area contributed by atoms with E-state index in [0.29, 0.717) is 13.1 Å². The van der Waals surface area contributed by atoms with Gasteiger partial charge in [-0.3, -0.25) is 0 Å². The molecule has 1 aromatic carbocycles. The lowest BCUT2D eigenvalue weighted by Crippen LogP contribution is -2.44. The van der Waals surface area contributed by atoms with Crippen molar-refractivity contribution in [3.05, 3.63) is 29.6 Å². The van der Waals surface area contributed by atoms with E-state index < -0.39 is 15.8 Å². The van der Waals surface area contributed by atoms with Crippen LogP contribution < -0.4 is 10.6 Å². The fraction of sp³-hybridized carbons (Fsp3) is 0.500. The third-order valence-electron chi connectivity index (χ3n) is 3.15. The predicted octanol–water partition coefficient (Wildman–Crippen LogP) is 0.964. The van der Waals surface area contributed by atoms with E-state index in [9.17, 15) is 12.8 Å². The molecule has 5 nitrogen and oxygen atoms in total. The molecule has 3 N–H and O–H groups in total. The van der Waals surface area contributed by atoms with Gasteiger partial charge >= 0.3 is 0 Å². The molecular weight excluding hydrogens is 269 g/mol. The van der Waals surface area contributed by atoms with Crippen molar-refractivity contribution in [2.75, 3.05) is 13.1 Å². The Hall–Kier alpha value is -1.02. The average Bonchev–Trinajstić information content (AvgIpc) is 2.39. The second-order valence-electron chi connectivity index (χ2n) is 4.60. The standard InChI is InChI=1S/C12H18FN3O2S/c13-12-5-4-11(8-10(12)9-14)19(17,18)15-16-6-2-1-3-7-16/h4-5,8,15H,1-3,6-7,9,14H2. The monoisotopic (exact) mass is 287 g/mol. The van der Waals surface area contributed by atoms with E-state index in [0.717, 1.165) is 25.3 Å². The first-order chi connectivity index (χ1) is 9.03. The molecule has 106 valence electrons. The van der Waals surface area contributed by atoms with Crippen LogP contribution in [-0.2, 0) is 16.6 Å². The number of rotatable bonds is 4. The minimum atomic E-state index is -3.66. The van der Waals surface area contributed by atoms with Crippen molar-refractivity contribution in [2.24, 2.45) is 5.73 Å². The molecule has 0 bridgehead atoms. The van der Waals surface area contributed by atoms with Crippen molar-refractivity contribution >= 4 is 10.0 Å². The van der Waals surface area contributed by atoms with Crippen molar-refractivity contribution in [2.45, 2.75) is 30.7 Å². The van der Waals surface area contributed by atoms with Crippen LogP contribution in [0, 0.1) is 5.82 Å². The lowest BCUT2D eigenvalue weighted by molar-refractivity contribution is 0.200. The summed E-state index contributed by atoms with van der Waals surface area (Å²) in [6.07, 6.45) is 3.06. The number of hydrogen-bond donors (Lipinski definition) is 2. The summed E-state index contributed by atoms with van der Waals surface area (Å²) in [5.74, 6) is -0.487. The fourth-order valence-electron chi connectivity index (χ4n) is 2.08. The van der Waals surface area contributed by atoms with Crippen LogP contribution in [0.15, 0.2) is 23.1 Å². The highest BCUT2D eigenvalue weighted by molar-refractivity contribution is 7.89.